The Kier molecular flexibility index (Phi) is 2.95. The molecule has 0 bridgehead atoms. The summed E-state index contributed by atoms with van der Waals surface area (Å²) in [5.74, 6) is 1.17. The van der Waals surface area contributed by atoms with E-state index < -0.39 is 0 Å². The summed E-state index contributed by atoms with van der Waals surface area (Å²) >= 11 is 1.69. The highest BCUT2D eigenvalue weighted by atomic mass is 32.1. The summed E-state index contributed by atoms with van der Waals surface area (Å²) in [6.07, 6.45) is 5.32. The number of likely N-dealkylation sites (tertiary alicyclic amines) is 1. The number of imidazole rings is 1. The number of aromatic nitrogens is 3. The number of carbonyl (C=O) groups is 1. The Morgan fingerprint density at radius 3 is 2.57 bits per heavy atom. The molecule has 1 amide bonds. The second-order valence-electron chi connectivity index (χ2n) is 5.87. The standard InChI is InChI=1S/C14H17N5OS/c1-17-8-12(16-9-17)13(20)18-4-10-6-19(7-11(10)5-18)14-15-2-3-21-14/h2-3,8-11H,4-7H2,1H3. The van der Waals surface area contributed by atoms with Crippen molar-refractivity contribution >= 4 is 22.4 Å². The molecule has 4 rings (SSSR count). The molecule has 2 aromatic rings. The Morgan fingerprint density at radius 2 is 2.00 bits per heavy atom. The van der Waals surface area contributed by atoms with Crippen LogP contribution in [0.25, 0.3) is 0 Å². The van der Waals surface area contributed by atoms with Gasteiger partial charge in [0, 0.05) is 62.8 Å². The molecule has 6 nitrogen and oxygen atoms in total. The summed E-state index contributed by atoms with van der Waals surface area (Å²) in [6, 6.07) is 0. The highest BCUT2D eigenvalue weighted by Gasteiger charge is 2.42. The van der Waals surface area contributed by atoms with Gasteiger partial charge in [-0.2, -0.15) is 0 Å². The molecule has 7 heteroatoms. The quantitative estimate of drug-likeness (QED) is 0.833. The first-order valence-corrected chi connectivity index (χ1v) is 8.00. The lowest BCUT2D eigenvalue weighted by Gasteiger charge is -2.20. The van der Waals surface area contributed by atoms with Gasteiger partial charge in [0.15, 0.2) is 5.13 Å². The molecule has 0 aliphatic carbocycles. The van der Waals surface area contributed by atoms with Crippen LogP contribution in [-0.2, 0) is 7.05 Å². The van der Waals surface area contributed by atoms with Crippen LogP contribution >= 0.6 is 11.3 Å². The van der Waals surface area contributed by atoms with Gasteiger partial charge in [-0.3, -0.25) is 4.79 Å². The molecule has 0 radical (unpaired) electrons. The lowest BCUT2D eigenvalue weighted by atomic mass is 10.0. The first-order chi connectivity index (χ1) is 10.2. The van der Waals surface area contributed by atoms with Gasteiger partial charge >= 0.3 is 0 Å². The summed E-state index contributed by atoms with van der Waals surface area (Å²) < 4.78 is 1.81. The van der Waals surface area contributed by atoms with Crippen LogP contribution in [0.2, 0.25) is 0 Å². The maximum atomic E-state index is 12.4. The predicted molar refractivity (Wildman–Crippen MR) is 80.4 cm³/mol. The highest BCUT2D eigenvalue weighted by molar-refractivity contribution is 7.13. The minimum atomic E-state index is 0.0609. The van der Waals surface area contributed by atoms with Crippen LogP contribution in [0.3, 0.4) is 0 Å². The van der Waals surface area contributed by atoms with Gasteiger partial charge in [-0.25, -0.2) is 9.97 Å². The number of carbonyl (C=O) groups excluding carboxylic acids is 1. The Hall–Kier alpha value is -1.89. The molecular weight excluding hydrogens is 286 g/mol. The van der Waals surface area contributed by atoms with Crippen molar-refractivity contribution in [3.8, 4) is 0 Å². The van der Waals surface area contributed by atoms with E-state index >= 15 is 0 Å². The molecule has 2 aliphatic rings. The first kappa shape index (κ1) is 12.8. The van der Waals surface area contributed by atoms with Crippen LogP contribution in [0.5, 0.6) is 0 Å². The fourth-order valence-electron chi connectivity index (χ4n) is 3.37. The lowest BCUT2D eigenvalue weighted by molar-refractivity contribution is 0.0777. The number of hydrogen-bond acceptors (Lipinski definition) is 5. The molecule has 2 saturated heterocycles. The van der Waals surface area contributed by atoms with Crippen LogP contribution < -0.4 is 4.90 Å². The fraction of sp³-hybridized carbons (Fsp3) is 0.500. The van der Waals surface area contributed by atoms with E-state index in [1.165, 1.54) is 0 Å². The molecule has 2 atom stereocenters. The van der Waals surface area contributed by atoms with Crippen molar-refractivity contribution in [2.75, 3.05) is 31.1 Å². The fourth-order valence-corrected chi connectivity index (χ4v) is 4.04. The van der Waals surface area contributed by atoms with E-state index in [0.717, 1.165) is 31.3 Å². The molecule has 2 fully saturated rings. The van der Waals surface area contributed by atoms with Gasteiger partial charge in [0.2, 0.25) is 0 Å². The van der Waals surface area contributed by atoms with Crippen molar-refractivity contribution < 1.29 is 4.79 Å². The minimum absolute atomic E-state index is 0.0609. The largest absolute Gasteiger partial charge is 0.347 e. The number of aryl methyl sites for hydroxylation is 1. The third kappa shape index (κ3) is 2.21. The minimum Gasteiger partial charge on any atom is -0.347 e. The molecule has 0 spiro atoms. The van der Waals surface area contributed by atoms with E-state index in [2.05, 4.69) is 14.9 Å². The number of rotatable bonds is 2. The van der Waals surface area contributed by atoms with Crippen molar-refractivity contribution in [3.05, 3.63) is 29.8 Å². The second kappa shape index (κ2) is 4.84. The molecule has 0 aromatic carbocycles. The van der Waals surface area contributed by atoms with E-state index in [-0.39, 0.29) is 5.91 Å². The van der Waals surface area contributed by atoms with Crippen LogP contribution in [0.1, 0.15) is 10.5 Å². The Balaban J connectivity index is 1.43. The van der Waals surface area contributed by atoms with Crippen molar-refractivity contribution in [3.63, 3.8) is 0 Å². The molecule has 2 unspecified atom stereocenters. The van der Waals surface area contributed by atoms with E-state index in [4.69, 9.17) is 0 Å². The molecule has 110 valence electrons. The highest BCUT2D eigenvalue weighted by Crippen LogP contribution is 2.34. The number of amides is 1. The van der Waals surface area contributed by atoms with E-state index in [0.29, 0.717) is 17.5 Å². The zero-order valence-corrected chi connectivity index (χ0v) is 12.7. The van der Waals surface area contributed by atoms with Crippen molar-refractivity contribution in [2.24, 2.45) is 18.9 Å². The summed E-state index contributed by atoms with van der Waals surface area (Å²) in [4.78, 5) is 25.3. The van der Waals surface area contributed by atoms with Crippen LogP contribution in [0.4, 0.5) is 5.13 Å². The Morgan fingerprint density at radius 1 is 1.24 bits per heavy atom. The summed E-state index contributed by atoms with van der Waals surface area (Å²) in [6.45, 7) is 3.68. The van der Waals surface area contributed by atoms with Crippen molar-refractivity contribution in [2.45, 2.75) is 0 Å². The van der Waals surface area contributed by atoms with Crippen molar-refractivity contribution in [1.29, 1.82) is 0 Å². The number of anilines is 1. The monoisotopic (exact) mass is 303 g/mol. The Bertz CT molecular complexity index is 638. The number of hydrogen-bond donors (Lipinski definition) is 0. The van der Waals surface area contributed by atoms with Crippen LogP contribution in [0.15, 0.2) is 24.1 Å². The average molecular weight is 303 g/mol. The van der Waals surface area contributed by atoms with Gasteiger partial charge in [-0.15, -0.1) is 11.3 Å². The van der Waals surface area contributed by atoms with E-state index in [1.54, 1.807) is 23.9 Å². The zero-order chi connectivity index (χ0) is 14.4. The Labute approximate surface area is 127 Å². The average Bonchev–Trinajstić information content (AvgIpc) is 3.20. The summed E-state index contributed by atoms with van der Waals surface area (Å²) in [5.41, 5.74) is 0.550. The van der Waals surface area contributed by atoms with Crippen molar-refractivity contribution in [1.82, 2.24) is 19.4 Å². The molecule has 0 N–H and O–H groups in total. The third-order valence-corrected chi connectivity index (χ3v) is 5.22. The molecule has 0 saturated carbocycles. The maximum Gasteiger partial charge on any atom is 0.274 e. The van der Waals surface area contributed by atoms with Gasteiger partial charge in [-0.05, 0) is 0 Å². The normalized spacial score (nSPS) is 24.6. The number of nitrogens with zero attached hydrogens (tertiary/aromatic N) is 5. The van der Waals surface area contributed by atoms with E-state index in [1.807, 2.05) is 28.1 Å². The van der Waals surface area contributed by atoms with Gasteiger partial charge in [0.25, 0.3) is 5.91 Å². The summed E-state index contributed by atoms with van der Waals surface area (Å²) in [5, 5.41) is 3.12. The molecule has 4 heterocycles. The second-order valence-corrected chi connectivity index (χ2v) is 6.75. The molecule has 2 aliphatic heterocycles. The number of thiazole rings is 1. The number of fused-ring (bicyclic) bond motifs is 1. The lowest BCUT2D eigenvalue weighted by Crippen LogP contribution is -2.33. The molecule has 2 aromatic heterocycles. The SMILES string of the molecule is Cn1cnc(C(=O)N2CC3CN(c4nccs4)CC3C2)c1. The topological polar surface area (TPSA) is 54.3 Å². The van der Waals surface area contributed by atoms with E-state index in [9.17, 15) is 4.79 Å². The van der Waals surface area contributed by atoms with Gasteiger partial charge in [0.05, 0.1) is 6.33 Å². The van der Waals surface area contributed by atoms with Gasteiger partial charge in [-0.1, -0.05) is 0 Å². The van der Waals surface area contributed by atoms with Crippen LogP contribution in [0, 0.1) is 11.8 Å². The smallest absolute Gasteiger partial charge is 0.274 e. The maximum absolute atomic E-state index is 12.4. The molecular formula is C14H17N5OS. The summed E-state index contributed by atoms with van der Waals surface area (Å²) in [7, 11) is 1.88. The first-order valence-electron chi connectivity index (χ1n) is 7.12. The third-order valence-electron chi connectivity index (χ3n) is 4.39. The predicted octanol–water partition coefficient (Wildman–Crippen LogP) is 1.08. The molecule has 21 heavy (non-hydrogen) atoms. The zero-order valence-electron chi connectivity index (χ0n) is 11.8. The van der Waals surface area contributed by atoms with Crippen LogP contribution in [-0.4, -0.2) is 51.5 Å². The van der Waals surface area contributed by atoms with Gasteiger partial charge < -0.3 is 14.4 Å². The van der Waals surface area contributed by atoms with Gasteiger partial charge in [0.1, 0.15) is 5.69 Å².